The molecule has 2 aromatic carbocycles. The number of hydrogen-bond donors (Lipinski definition) is 1. The van der Waals surface area contributed by atoms with Crippen LogP contribution in [0.2, 0.25) is 0 Å². The van der Waals surface area contributed by atoms with Gasteiger partial charge in [-0.1, -0.05) is 36.4 Å². The summed E-state index contributed by atoms with van der Waals surface area (Å²) in [6.45, 7) is 1.21. The fraction of sp³-hybridized carbons (Fsp3) is 0.118. The zero-order valence-electron chi connectivity index (χ0n) is 11.1. The molecular formula is C17H15N3. The molecule has 0 aliphatic carbocycles. The average molecular weight is 261 g/mol. The standard InChI is InChI=1S/C17H15N3/c18-9-13-5-1-2-6-14(13)11-20-12-15(10-19)16-7-3-4-8-17(16)20/h1-8,12H,10-11,19H2. The number of benzene rings is 2. The monoisotopic (exact) mass is 261 g/mol. The van der Waals surface area contributed by atoms with E-state index in [-0.39, 0.29) is 0 Å². The first-order valence-corrected chi connectivity index (χ1v) is 6.58. The Bertz CT molecular complexity index is 793. The number of rotatable bonds is 3. The van der Waals surface area contributed by atoms with E-state index in [1.165, 1.54) is 5.39 Å². The van der Waals surface area contributed by atoms with Gasteiger partial charge in [0.2, 0.25) is 0 Å². The maximum Gasteiger partial charge on any atom is 0.0995 e. The molecule has 3 aromatic rings. The zero-order valence-corrected chi connectivity index (χ0v) is 11.1. The number of nitrogens with two attached hydrogens (primary N) is 1. The van der Waals surface area contributed by atoms with Crippen molar-refractivity contribution in [1.29, 1.82) is 5.26 Å². The van der Waals surface area contributed by atoms with Gasteiger partial charge in [0.05, 0.1) is 11.6 Å². The number of para-hydroxylation sites is 1. The van der Waals surface area contributed by atoms with Gasteiger partial charge in [0, 0.05) is 30.2 Å². The van der Waals surface area contributed by atoms with Gasteiger partial charge in [0.15, 0.2) is 0 Å². The Morgan fingerprint density at radius 1 is 1.00 bits per heavy atom. The molecule has 3 heteroatoms. The van der Waals surface area contributed by atoms with E-state index in [4.69, 9.17) is 5.73 Å². The van der Waals surface area contributed by atoms with Gasteiger partial charge in [0.25, 0.3) is 0 Å². The predicted octanol–water partition coefficient (Wildman–Crippen LogP) is 3.02. The fourth-order valence-electron chi connectivity index (χ4n) is 2.57. The lowest BCUT2D eigenvalue weighted by atomic mass is 10.1. The van der Waals surface area contributed by atoms with Crippen molar-refractivity contribution in [2.45, 2.75) is 13.1 Å². The molecule has 0 atom stereocenters. The molecule has 0 spiro atoms. The molecule has 0 radical (unpaired) electrons. The van der Waals surface area contributed by atoms with E-state index in [1.54, 1.807) is 0 Å². The van der Waals surface area contributed by atoms with E-state index in [2.05, 4.69) is 29.0 Å². The summed E-state index contributed by atoms with van der Waals surface area (Å²) in [5.41, 5.74) is 9.85. The largest absolute Gasteiger partial charge is 0.343 e. The molecule has 3 rings (SSSR count). The Morgan fingerprint density at radius 3 is 2.55 bits per heavy atom. The summed E-state index contributed by atoms with van der Waals surface area (Å²) in [5, 5.41) is 10.4. The van der Waals surface area contributed by atoms with Gasteiger partial charge in [-0.05, 0) is 23.3 Å². The molecule has 20 heavy (non-hydrogen) atoms. The van der Waals surface area contributed by atoms with Gasteiger partial charge in [-0.15, -0.1) is 0 Å². The van der Waals surface area contributed by atoms with Gasteiger partial charge < -0.3 is 10.3 Å². The maximum absolute atomic E-state index is 9.18. The van der Waals surface area contributed by atoms with Crippen LogP contribution in [0.1, 0.15) is 16.7 Å². The number of aromatic nitrogens is 1. The van der Waals surface area contributed by atoms with Crippen LogP contribution < -0.4 is 5.73 Å². The highest BCUT2D eigenvalue weighted by atomic mass is 15.0. The van der Waals surface area contributed by atoms with Crippen LogP contribution in [-0.2, 0) is 13.1 Å². The lowest BCUT2D eigenvalue weighted by Gasteiger charge is -2.07. The van der Waals surface area contributed by atoms with Crippen LogP contribution in [0.3, 0.4) is 0 Å². The van der Waals surface area contributed by atoms with Gasteiger partial charge in [0.1, 0.15) is 0 Å². The summed E-state index contributed by atoms with van der Waals surface area (Å²) in [5.74, 6) is 0. The van der Waals surface area contributed by atoms with Crippen LogP contribution in [-0.4, -0.2) is 4.57 Å². The second-order valence-electron chi connectivity index (χ2n) is 4.77. The molecule has 0 unspecified atom stereocenters. The Kier molecular flexibility index (Phi) is 3.24. The van der Waals surface area contributed by atoms with Crippen molar-refractivity contribution in [2.75, 3.05) is 0 Å². The molecule has 1 aromatic heterocycles. The van der Waals surface area contributed by atoms with E-state index < -0.39 is 0 Å². The lowest BCUT2D eigenvalue weighted by Crippen LogP contribution is -2.00. The van der Waals surface area contributed by atoms with Crippen LogP contribution in [0.5, 0.6) is 0 Å². The molecule has 98 valence electrons. The summed E-state index contributed by atoms with van der Waals surface area (Å²) in [7, 11) is 0. The third kappa shape index (κ3) is 2.07. The van der Waals surface area contributed by atoms with E-state index >= 15 is 0 Å². The van der Waals surface area contributed by atoms with E-state index in [1.807, 2.05) is 36.4 Å². The minimum atomic E-state index is 0.521. The van der Waals surface area contributed by atoms with Gasteiger partial charge in [-0.25, -0.2) is 0 Å². The third-order valence-electron chi connectivity index (χ3n) is 3.57. The number of nitriles is 1. The molecule has 0 aliphatic heterocycles. The van der Waals surface area contributed by atoms with E-state index in [0.29, 0.717) is 13.1 Å². The van der Waals surface area contributed by atoms with E-state index in [9.17, 15) is 5.26 Å². The van der Waals surface area contributed by atoms with Gasteiger partial charge >= 0.3 is 0 Å². The van der Waals surface area contributed by atoms with Crippen molar-refractivity contribution in [1.82, 2.24) is 4.57 Å². The smallest absolute Gasteiger partial charge is 0.0995 e. The van der Waals surface area contributed by atoms with Crippen LogP contribution in [0.15, 0.2) is 54.7 Å². The van der Waals surface area contributed by atoms with Crippen molar-refractivity contribution >= 4 is 10.9 Å². The van der Waals surface area contributed by atoms with E-state index in [0.717, 1.165) is 22.2 Å². The van der Waals surface area contributed by atoms with Gasteiger partial charge in [-0.2, -0.15) is 5.26 Å². The van der Waals surface area contributed by atoms with Crippen molar-refractivity contribution < 1.29 is 0 Å². The third-order valence-corrected chi connectivity index (χ3v) is 3.57. The minimum absolute atomic E-state index is 0.521. The lowest BCUT2D eigenvalue weighted by molar-refractivity contribution is 0.827. The van der Waals surface area contributed by atoms with Crippen molar-refractivity contribution in [2.24, 2.45) is 5.73 Å². The highest BCUT2D eigenvalue weighted by molar-refractivity contribution is 5.84. The van der Waals surface area contributed by atoms with Crippen molar-refractivity contribution in [3.8, 4) is 6.07 Å². The summed E-state index contributed by atoms with van der Waals surface area (Å²) in [4.78, 5) is 0. The molecule has 2 N–H and O–H groups in total. The second kappa shape index (κ2) is 5.20. The molecule has 0 saturated carbocycles. The highest BCUT2D eigenvalue weighted by Gasteiger charge is 2.08. The summed E-state index contributed by atoms with van der Waals surface area (Å²) in [6, 6.07) is 18.2. The fourth-order valence-corrected chi connectivity index (χ4v) is 2.57. The normalized spacial score (nSPS) is 10.6. The molecule has 1 heterocycles. The quantitative estimate of drug-likeness (QED) is 0.788. The summed E-state index contributed by atoms with van der Waals surface area (Å²) in [6.07, 6.45) is 2.08. The van der Waals surface area contributed by atoms with Crippen molar-refractivity contribution in [3.05, 3.63) is 71.4 Å². The average Bonchev–Trinajstić information content (AvgIpc) is 2.86. The first-order chi connectivity index (χ1) is 9.83. The van der Waals surface area contributed by atoms with Crippen molar-refractivity contribution in [3.63, 3.8) is 0 Å². The molecule has 0 fully saturated rings. The molecule has 0 bridgehead atoms. The Balaban J connectivity index is 2.10. The summed E-state index contributed by atoms with van der Waals surface area (Å²) >= 11 is 0. The Labute approximate surface area is 117 Å². The van der Waals surface area contributed by atoms with Gasteiger partial charge in [-0.3, -0.25) is 0 Å². The zero-order chi connectivity index (χ0) is 13.9. The first-order valence-electron chi connectivity index (χ1n) is 6.58. The SMILES string of the molecule is N#Cc1ccccc1Cn1cc(CN)c2ccccc21. The molecule has 0 aliphatic rings. The summed E-state index contributed by atoms with van der Waals surface area (Å²) < 4.78 is 2.16. The second-order valence-corrected chi connectivity index (χ2v) is 4.77. The number of nitrogens with zero attached hydrogens (tertiary/aromatic N) is 2. The highest BCUT2D eigenvalue weighted by Crippen LogP contribution is 2.22. The minimum Gasteiger partial charge on any atom is -0.343 e. The predicted molar refractivity (Wildman–Crippen MR) is 80.1 cm³/mol. The first kappa shape index (κ1) is 12.5. The topological polar surface area (TPSA) is 54.7 Å². The van der Waals surface area contributed by atoms with Crippen LogP contribution in [0.25, 0.3) is 10.9 Å². The number of hydrogen-bond acceptors (Lipinski definition) is 2. The Hall–Kier alpha value is -2.57. The van der Waals surface area contributed by atoms with Crippen LogP contribution in [0, 0.1) is 11.3 Å². The molecule has 0 amide bonds. The van der Waals surface area contributed by atoms with Crippen LogP contribution in [0.4, 0.5) is 0 Å². The number of fused-ring (bicyclic) bond motifs is 1. The Morgan fingerprint density at radius 2 is 1.75 bits per heavy atom. The molecule has 0 saturated heterocycles. The maximum atomic E-state index is 9.18. The van der Waals surface area contributed by atoms with Crippen LogP contribution >= 0.6 is 0 Å². The molecular weight excluding hydrogens is 246 g/mol. The molecule has 3 nitrogen and oxygen atoms in total.